The summed E-state index contributed by atoms with van der Waals surface area (Å²) in [6.07, 6.45) is 3.32. The molecule has 0 aliphatic carbocycles. The summed E-state index contributed by atoms with van der Waals surface area (Å²) in [6, 6.07) is 8.12. The molecule has 0 fully saturated rings. The summed E-state index contributed by atoms with van der Waals surface area (Å²) in [5, 5.41) is 10.7. The van der Waals surface area contributed by atoms with Crippen molar-refractivity contribution in [3.63, 3.8) is 0 Å². The highest BCUT2D eigenvalue weighted by molar-refractivity contribution is 14.0. The number of nitrogens with one attached hydrogen (secondary N) is 2. The number of guanidine groups is 1. The van der Waals surface area contributed by atoms with E-state index in [1.807, 2.05) is 31.2 Å². The van der Waals surface area contributed by atoms with E-state index >= 15 is 0 Å². The van der Waals surface area contributed by atoms with E-state index in [2.05, 4.69) is 41.5 Å². The van der Waals surface area contributed by atoms with Crippen molar-refractivity contribution >= 4 is 29.9 Å². The fourth-order valence-corrected chi connectivity index (χ4v) is 3.01. The third-order valence-electron chi connectivity index (χ3n) is 4.63. The topological polar surface area (TPSA) is 88.5 Å². The lowest BCUT2D eigenvalue weighted by Crippen LogP contribution is -2.36. The molecule has 0 bridgehead atoms. The molecule has 3 aromatic rings. The zero-order valence-corrected chi connectivity index (χ0v) is 20.3. The molecule has 2 aromatic heterocycles. The Morgan fingerprint density at radius 2 is 1.83 bits per heavy atom. The summed E-state index contributed by atoms with van der Waals surface area (Å²) in [7, 11) is 0. The Morgan fingerprint density at radius 1 is 1.07 bits per heavy atom. The lowest BCUT2D eigenvalue weighted by Gasteiger charge is -2.10. The van der Waals surface area contributed by atoms with Crippen molar-refractivity contribution in [3.8, 4) is 11.5 Å². The van der Waals surface area contributed by atoms with Gasteiger partial charge in [0.2, 0.25) is 5.89 Å². The Bertz CT molecular complexity index is 925. The lowest BCUT2D eigenvalue weighted by atomic mass is 10.1. The van der Waals surface area contributed by atoms with Crippen molar-refractivity contribution in [2.75, 3.05) is 6.54 Å². The van der Waals surface area contributed by atoms with Crippen LogP contribution in [-0.2, 0) is 25.9 Å². The van der Waals surface area contributed by atoms with Crippen LogP contribution in [0.4, 0.5) is 0 Å². The second-order valence-corrected chi connectivity index (χ2v) is 6.80. The van der Waals surface area contributed by atoms with Crippen LogP contribution in [0, 0.1) is 6.92 Å². The number of benzene rings is 1. The van der Waals surface area contributed by atoms with Gasteiger partial charge in [-0.05, 0) is 32.4 Å². The van der Waals surface area contributed by atoms with E-state index in [4.69, 9.17) is 13.9 Å². The lowest BCUT2D eigenvalue weighted by molar-refractivity contribution is 0.380. The molecule has 162 valence electrons. The van der Waals surface area contributed by atoms with Gasteiger partial charge in [0.05, 0.1) is 24.5 Å². The number of aromatic nitrogens is 2. The Labute approximate surface area is 194 Å². The Kier molecular flexibility index (Phi) is 9.35. The summed E-state index contributed by atoms with van der Waals surface area (Å²) < 4.78 is 11.1. The molecule has 0 radical (unpaired) electrons. The van der Waals surface area contributed by atoms with Gasteiger partial charge in [0.25, 0.3) is 0 Å². The molecule has 0 aliphatic heterocycles. The first-order valence-electron chi connectivity index (χ1n) is 10.1. The number of halogens is 1. The van der Waals surface area contributed by atoms with E-state index in [1.54, 1.807) is 6.26 Å². The zero-order valence-electron chi connectivity index (χ0n) is 18.0. The highest BCUT2D eigenvalue weighted by Crippen LogP contribution is 2.19. The van der Waals surface area contributed by atoms with Gasteiger partial charge in [-0.3, -0.25) is 0 Å². The number of rotatable bonds is 8. The summed E-state index contributed by atoms with van der Waals surface area (Å²) in [5.74, 6) is 2.24. The van der Waals surface area contributed by atoms with Crippen molar-refractivity contribution in [1.82, 2.24) is 20.8 Å². The van der Waals surface area contributed by atoms with Gasteiger partial charge in [0, 0.05) is 24.1 Å². The first-order valence-corrected chi connectivity index (χ1v) is 10.1. The van der Waals surface area contributed by atoms with Crippen LogP contribution >= 0.6 is 24.0 Å². The normalized spacial score (nSPS) is 11.3. The molecule has 0 aliphatic rings. The summed E-state index contributed by atoms with van der Waals surface area (Å²) in [5.41, 5.74) is 5.05. The van der Waals surface area contributed by atoms with Crippen LogP contribution in [0.25, 0.3) is 11.5 Å². The van der Waals surface area contributed by atoms with Gasteiger partial charge in [-0.15, -0.1) is 24.0 Å². The zero-order chi connectivity index (χ0) is 20.6. The van der Waals surface area contributed by atoms with Crippen LogP contribution in [0.5, 0.6) is 0 Å². The van der Waals surface area contributed by atoms with Crippen molar-refractivity contribution in [1.29, 1.82) is 0 Å². The molecule has 2 heterocycles. The monoisotopic (exact) mass is 523 g/mol. The highest BCUT2D eigenvalue weighted by atomic mass is 127. The molecule has 7 nitrogen and oxygen atoms in total. The molecular weight excluding hydrogens is 493 g/mol. The van der Waals surface area contributed by atoms with Crippen LogP contribution in [0.2, 0.25) is 0 Å². The second-order valence-electron chi connectivity index (χ2n) is 6.80. The van der Waals surface area contributed by atoms with Gasteiger partial charge in [-0.1, -0.05) is 36.7 Å². The Hall–Kier alpha value is -2.36. The number of oxazole rings is 1. The van der Waals surface area contributed by atoms with E-state index in [9.17, 15) is 0 Å². The maximum Gasteiger partial charge on any atom is 0.226 e. The molecule has 3 rings (SSSR count). The molecule has 0 amide bonds. The SMILES string of the molecule is CCNC(=NCc1c(CC)noc1CC)NCc1coc(-c2ccc(C)cc2)n1.I. The summed E-state index contributed by atoms with van der Waals surface area (Å²) >= 11 is 0. The number of aliphatic imine (C=N–C) groups is 1. The minimum atomic E-state index is 0. The first-order chi connectivity index (χ1) is 14.1. The smallest absolute Gasteiger partial charge is 0.226 e. The molecule has 0 spiro atoms. The molecule has 0 saturated heterocycles. The van der Waals surface area contributed by atoms with Gasteiger partial charge >= 0.3 is 0 Å². The predicted molar refractivity (Wildman–Crippen MR) is 129 cm³/mol. The van der Waals surface area contributed by atoms with Gasteiger partial charge < -0.3 is 19.6 Å². The fraction of sp³-hybridized carbons (Fsp3) is 0.409. The average Bonchev–Trinajstić information content (AvgIpc) is 3.37. The van der Waals surface area contributed by atoms with Crippen molar-refractivity contribution in [3.05, 3.63) is 58.8 Å². The number of nitrogens with zero attached hydrogens (tertiary/aromatic N) is 3. The van der Waals surface area contributed by atoms with E-state index in [0.717, 1.165) is 53.6 Å². The number of hydrogen-bond donors (Lipinski definition) is 2. The minimum absolute atomic E-state index is 0. The quantitative estimate of drug-likeness (QED) is 0.254. The Balaban J connectivity index is 0.00000320. The highest BCUT2D eigenvalue weighted by Gasteiger charge is 2.13. The minimum Gasteiger partial charge on any atom is -0.444 e. The van der Waals surface area contributed by atoms with E-state index < -0.39 is 0 Å². The van der Waals surface area contributed by atoms with Crippen molar-refractivity contribution in [2.24, 2.45) is 4.99 Å². The van der Waals surface area contributed by atoms with Crippen LogP contribution in [0.1, 0.15) is 49.0 Å². The van der Waals surface area contributed by atoms with Gasteiger partial charge in [-0.25, -0.2) is 9.98 Å². The van der Waals surface area contributed by atoms with E-state index in [1.165, 1.54) is 5.56 Å². The van der Waals surface area contributed by atoms with Gasteiger partial charge in [0.15, 0.2) is 5.96 Å². The molecule has 8 heteroatoms. The number of hydrogen-bond acceptors (Lipinski definition) is 5. The largest absolute Gasteiger partial charge is 0.444 e. The summed E-state index contributed by atoms with van der Waals surface area (Å²) in [6.45, 7) is 10.0. The summed E-state index contributed by atoms with van der Waals surface area (Å²) in [4.78, 5) is 9.27. The third-order valence-corrected chi connectivity index (χ3v) is 4.63. The Morgan fingerprint density at radius 3 is 2.50 bits per heavy atom. The maximum atomic E-state index is 5.63. The molecule has 0 unspecified atom stereocenters. The fourth-order valence-electron chi connectivity index (χ4n) is 3.01. The van der Waals surface area contributed by atoms with Crippen LogP contribution in [0.15, 0.2) is 44.5 Å². The molecular formula is C22H30IN5O2. The second kappa shape index (κ2) is 11.7. The maximum absolute atomic E-state index is 5.63. The van der Waals surface area contributed by atoms with Crippen LogP contribution in [-0.4, -0.2) is 22.6 Å². The molecule has 1 aromatic carbocycles. The standard InChI is InChI=1S/C22H29N5O2.HI/c1-5-19-18(20(6-2)29-27-19)13-25-22(23-7-3)24-12-17-14-28-21(26-17)16-10-8-15(4)9-11-16;/h8-11,14H,5-7,12-13H2,1-4H3,(H2,23,24,25);1H. The molecule has 0 atom stereocenters. The van der Waals surface area contributed by atoms with Gasteiger partial charge in [0.1, 0.15) is 12.0 Å². The van der Waals surface area contributed by atoms with Crippen molar-refractivity contribution in [2.45, 2.75) is 53.6 Å². The molecule has 2 N–H and O–H groups in total. The predicted octanol–water partition coefficient (Wildman–Crippen LogP) is 4.64. The van der Waals surface area contributed by atoms with E-state index in [-0.39, 0.29) is 24.0 Å². The van der Waals surface area contributed by atoms with E-state index in [0.29, 0.717) is 19.0 Å². The third kappa shape index (κ3) is 6.07. The van der Waals surface area contributed by atoms with Crippen LogP contribution < -0.4 is 10.6 Å². The average molecular weight is 523 g/mol. The van der Waals surface area contributed by atoms with Gasteiger partial charge in [-0.2, -0.15) is 0 Å². The van der Waals surface area contributed by atoms with Crippen LogP contribution in [0.3, 0.4) is 0 Å². The molecule has 0 saturated carbocycles. The first kappa shape index (κ1) is 23.9. The molecule has 30 heavy (non-hydrogen) atoms. The number of aryl methyl sites for hydroxylation is 3. The van der Waals surface area contributed by atoms with Crippen molar-refractivity contribution < 1.29 is 8.94 Å².